The Morgan fingerprint density at radius 1 is 1.23 bits per heavy atom. The third-order valence-electron chi connectivity index (χ3n) is 6.88. The zero-order chi connectivity index (χ0) is 28.2. The summed E-state index contributed by atoms with van der Waals surface area (Å²) >= 11 is 6.19. The molecule has 9 heteroatoms. The highest BCUT2D eigenvalue weighted by Gasteiger charge is 2.34. The van der Waals surface area contributed by atoms with Crippen molar-refractivity contribution in [2.75, 3.05) is 37.7 Å². The minimum Gasteiger partial charge on any atom is -0.493 e. The molecule has 1 fully saturated rings. The number of carbonyl (C=O) groups excluding carboxylic acids is 1. The first-order valence-electron chi connectivity index (χ1n) is 13.0. The predicted molar refractivity (Wildman–Crippen MR) is 152 cm³/mol. The van der Waals surface area contributed by atoms with Crippen LogP contribution in [-0.4, -0.2) is 53.7 Å². The lowest BCUT2D eigenvalue weighted by atomic mass is 9.94. The van der Waals surface area contributed by atoms with Crippen molar-refractivity contribution in [3.05, 3.63) is 88.2 Å². The Balaban J connectivity index is 1.62. The van der Waals surface area contributed by atoms with Crippen LogP contribution in [-0.2, 0) is 5.60 Å². The molecule has 1 aliphatic heterocycles. The first-order valence-corrected chi connectivity index (χ1v) is 13.3. The first-order chi connectivity index (χ1) is 18.6. The molecule has 1 amide bonds. The van der Waals surface area contributed by atoms with Crippen molar-refractivity contribution >= 4 is 23.2 Å². The molecule has 0 bridgehead atoms. The maximum absolute atomic E-state index is 11.6. The molecule has 0 unspecified atom stereocenters. The van der Waals surface area contributed by atoms with Gasteiger partial charge in [0, 0.05) is 49.2 Å². The van der Waals surface area contributed by atoms with E-state index in [0.717, 1.165) is 11.3 Å². The highest BCUT2D eigenvalue weighted by atomic mass is 35.5. The number of nitrogens with two attached hydrogens (primary N) is 1. The Bertz CT molecular complexity index is 1350. The maximum Gasteiger partial charge on any atom is 0.250 e. The van der Waals surface area contributed by atoms with Crippen molar-refractivity contribution in [3.63, 3.8) is 0 Å². The van der Waals surface area contributed by atoms with Gasteiger partial charge in [-0.3, -0.25) is 14.7 Å². The average Bonchev–Trinajstić information content (AvgIpc) is 2.92. The van der Waals surface area contributed by atoms with E-state index in [4.69, 9.17) is 22.1 Å². The Morgan fingerprint density at radius 2 is 1.97 bits per heavy atom. The number of anilines is 1. The molecule has 2 heterocycles. The number of piperazine rings is 1. The van der Waals surface area contributed by atoms with Crippen LogP contribution in [0.4, 0.5) is 5.69 Å². The van der Waals surface area contributed by atoms with Gasteiger partial charge in [0.05, 0.1) is 29.5 Å². The number of amides is 1. The standard InChI is InChI=1S/C30H34ClN5O3/c1-20(2)18-39-26-8-9-27(22(13-26)14-32)36-11-10-35(17-28(36)21-4-6-25(31)7-5-21)19-30(3,38)24-12-23(29(33)37)15-34-16-24/h4-9,12-13,15-16,20,28,38H,10-11,17-19H2,1-3H3,(H2,33,37)/t28-,30+/m0/s1. The Hall–Kier alpha value is -3.64. The lowest BCUT2D eigenvalue weighted by Gasteiger charge is -2.45. The molecule has 39 heavy (non-hydrogen) atoms. The molecular formula is C30H34ClN5O3. The van der Waals surface area contributed by atoms with Gasteiger partial charge in [-0.25, -0.2) is 0 Å². The number of carbonyl (C=O) groups is 1. The number of nitriles is 1. The van der Waals surface area contributed by atoms with Crippen LogP contribution >= 0.6 is 11.6 Å². The van der Waals surface area contributed by atoms with Crippen LogP contribution in [0, 0.1) is 17.2 Å². The molecule has 2 aromatic carbocycles. The summed E-state index contributed by atoms with van der Waals surface area (Å²) in [6, 6.07) is 17.2. The number of primary amides is 1. The number of ether oxygens (including phenoxy) is 1. The number of rotatable bonds is 9. The average molecular weight is 548 g/mol. The van der Waals surface area contributed by atoms with Gasteiger partial charge < -0.3 is 20.5 Å². The summed E-state index contributed by atoms with van der Waals surface area (Å²) in [7, 11) is 0. The van der Waals surface area contributed by atoms with Crippen molar-refractivity contribution in [1.29, 1.82) is 5.26 Å². The van der Waals surface area contributed by atoms with Gasteiger partial charge in [-0.15, -0.1) is 0 Å². The van der Waals surface area contributed by atoms with E-state index in [1.165, 1.54) is 6.20 Å². The highest BCUT2D eigenvalue weighted by molar-refractivity contribution is 6.30. The molecule has 3 N–H and O–H groups in total. The number of halogens is 1. The van der Waals surface area contributed by atoms with Gasteiger partial charge in [0.2, 0.25) is 5.91 Å². The highest BCUT2D eigenvalue weighted by Crippen LogP contribution is 2.36. The summed E-state index contributed by atoms with van der Waals surface area (Å²) in [5.41, 5.74) is 7.35. The fourth-order valence-corrected chi connectivity index (χ4v) is 4.97. The van der Waals surface area contributed by atoms with Crippen LogP contribution in [0.5, 0.6) is 5.75 Å². The third kappa shape index (κ3) is 6.87. The number of aliphatic hydroxyl groups is 1. The van der Waals surface area contributed by atoms with Gasteiger partial charge in [-0.05, 0) is 54.8 Å². The molecule has 204 valence electrons. The zero-order valence-corrected chi connectivity index (χ0v) is 23.2. The summed E-state index contributed by atoms with van der Waals surface area (Å²) in [5.74, 6) is 0.461. The monoisotopic (exact) mass is 547 g/mol. The lowest BCUT2D eigenvalue weighted by molar-refractivity contribution is 0.00998. The normalized spacial score (nSPS) is 17.5. The minimum atomic E-state index is -1.27. The van der Waals surface area contributed by atoms with Gasteiger partial charge in [-0.1, -0.05) is 37.6 Å². The van der Waals surface area contributed by atoms with Crippen LogP contribution in [0.25, 0.3) is 0 Å². The number of hydrogen-bond acceptors (Lipinski definition) is 7. The first kappa shape index (κ1) is 28.4. The number of pyridine rings is 1. The summed E-state index contributed by atoms with van der Waals surface area (Å²) in [6.07, 6.45) is 2.95. The molecule has 1 saturated heterocycles. The molecule has 3 aromatic rings. The van der Waals surface area contributed by atoms with Gasteiger partial charge in [0.25, 0.3) is 0 Å². The summed E-state index contributed by atoms with van der Waals surface area (Å²) in [6.45, 7) is 8.65. The fourth-order valence-electron chi connectivity index (χ4n) is 4.85. The van der Waals surface area contributed by atoms with Crippen LogP contribution in [0.3, 0.4) is 0 Å². The van der Waals surface area contributed by atoms with E-state index in [0.29, 0.717) is 60.6 Å². The van der Waals surface area contributed by atoms with Crippen LogP contribution in [0.2, 0.25) is 5.02 Å². The number of nitrogens with zero attached hydrogens (tertiary/aromatic N) is 4. The van der Waals surface area contributed by atoms with Crippen LogP contribution in [0.1, 0.15) is 53.9 Å². The van der Waals surface area contributed by atoms with E-state index >= 15 is 0 Å². The van der Waals surface area contributed by atoms with Crippen molar-refractivity contribution in [3.8, 4) is 11.8 Å². The Kier molecular flexibility index (Phi) is 8.76. The van der Waals surface area contributed by atoms with Crippen molar-refractivity contribution in [2.24, 2.45) is 11.7 Å². The maximum atomic E-state index is 11.6. The van der Waals surface area contributed by atoms with E-state index in [1.807, 2.05) is 36.4 Å². The summed E-state index contributed by atoms with van der Waals surface area (Å²) in [4.78, 5) is 20.2. The largest absolute Gasteiger partial charge is 0.493 e. The lowest BCUT2D eigenvalue weighted by Crippen LogP contribution is -2.52. The molecule has 0 saturated carbocycles. The Morgan fingerprint density at radius 3 is 2.64 bits per heavy atom. The zero-order valence-electron chi connectivity index (χ0n) is 22.5. The van der Waals surface area contributed by atoms with Crippen LogP contribution < -0.4 is 15.4 Å². The van der Waals surface area contributed by atoms with Gasteiger partial charge in [0.1, 0.15) is 17.4 Å². The second-order valence-electron chi connectivity index (χ2n) is 10.6. The third-order valence-corrected chi connectivity index (χ3v) is 7.13. The molecule has 1 aromatic heterocycles. The van der Waals surface area contributed by atoms with Crippen molar-refractivity contribution in [2.45, 2.75) is 32.4 Å². The van der Waals surface area contributed by atoms with E-state index in [1.54, 1.807) is 25.3 Å². The molecular weight excluding hydrogens is 514 g/mol. The molecule has 1 aliphatic rings. The Labute approximate surface area is 234 Å². The van der Waals surface area contributed by atoms with E-state index in [2.05, 4.69) is 34.7 Å². The summed E-state index contributed by atoms with van der Waals surface area (Å²) < 4.78 is 5.86. The molecule has 0 aliphatic carbocycles. The SMILES string of the molecule is CC(C)COc1ccc(N2CCN(C[C@@](C)(O)c3cncc(C(N)=O)c3)C[C@H]2c2ccc(Cl)cc2)c(C#N)c1. The number of benzene rings is 2. The predicted octanol–water partition coefficient (Wildman–Crippen LogP) is 4.51. The quantitative estimate of drug-likeness (QED) is 0.405. The van der Waals surface area contributed by atoms with Gasteiger partial charge >= 0.3 is 0 Å². The van der Waals surface area contributed by atoms with E-state index < -0.39 is 11.5 Å². The number of β-amino-alcohol motifs (C(OH)–C–C–N with tert-alkyl or cyclic N) is 1. The smallest absolute Gasteiger partial charge is 0.250 e. The molecule has 8 nitrogen and oxygen atoms in total. The molecule has 0 spiro atoms. The molecule has 4 rings (SSSR count). The second kappa shape index (κ2) is 12.0. The second-order valence-corrected chi connectivity index (χ2v) is 11.0. The molecule has 2 atom stereocenters. The van der Waals surface area contributed by atoms with Crippen molar-refractivity contribution < 1.29 is 14.6 Å². The minimum absolute atomic E-state index is 0.101. The fraction of sp³-hybridized carbons (Fsp3) is 0.367. The van der Waals surface area contributed by atoms with Crippen LogP contribution in [0.15, 0.2) is 60.9 Å². The topological polar surface area (TPSA) is 116 Å². The number of aromatic nitrogens is 1. The van der Waals surface area contributed by atoms with E-state index in [9.17, 15) is 15.2 Å². The van der Waals surface area contributed by atoms with E-state index in [-0.39, 0.29) is 11.6 Å². The van der Waals surface area contributed by atoms with Gasteiger partial charge in [0.15, 0.2) is 0 Å². The number of hydrogen-bond donors (Lipinski definition) is 2. The summed E-state index contributed by atoms with van der Waals surface area (Å²) in [5, 5.41) is 22.1. The van der Waals surface area contributed by atoms with Gasteiger partial charge in [-0.2, -0.15) is 5.26 Å². The molecule has 0 radical (unpaired) electrons. The van der Waals surface area contributed by atoms with Crippen molar-refractivity contribution in [1.82, 2.24) is 9.88 Å².